The highest BCUT2D eigenvalue weighted by atomic mass is 15.2. The quantitative estimate of drug-likeness (QED) is 0.149. The summed E-state index contributed by atoms with van der Waals surface area (Å²) in [6, 6.07) is 78.2. The summed E-state index contributed by atoms with van der Waals surface area (Å²) < 4.78 is 0. The summed E-state index contributed by atoms with van der Waals surface area (Å²) in [5.41, 5.74) is 11.4. The van der Waals surface area contributed by atoms with Crippen LogP contribution in [-0.2, 0) is 0 Å². The zero-order valence-electron chi connectivity index (χ0n) is 28.7. The molecule has 0 bridgehead atoms. The summed E-state index contributed by atoms with van der Waals surface area (Å²) in [7, 11) is 0. The number of para-hydroxylation sites is 2. The van der Waals surface area contributed by atoms with Gasteiger partial charge in [0, 0.05) is 34.1 Å². The Balaban J connectivity index is 1.13. The molecular weight excluding hydrogens is 629 g/mol. The fraction of sp³-hybridized carbons (Fsp3) is 0. The molecule has 9 aromatic carbocycles. The van der Waals surface area contributed by atoms with Crippen LogP contribution in [0.4, 0.5) is 34.1 Å². The van der Waals surface area contributed by atoms with E-state index in [4.69, 9.17) is 0 Å². The molecular formula is C50H36N2. The number of anilines is 6. The van der Waals surface area contributed by atoms with E-state index in [0.717, 1.165) is 34.1 Å². The average Bonchev–Trinajstić information content (AvgIpc) is 3.23. The first kappa shape index (κ1) is 31.1. The second-order valence-corrected chi connectivity index (χ2v) is 13.0. The lowest BCUT2D eigenvalue weighted by atomic mass is 9.93. The molecule has 0 radical (unpaired) electrons. The Morgan fingerprint density at radius 3 is 1.21 bits per heavy atom. The van der Waals surface area contributed by atoms with E-state index in [1.54, 1.807) is 0 Å². The Morgan fingerprint density at radius 1 is 0.231 bits per heavy atom. The number of rotatable bonds is 8. The van der Waals surface area contributed by atoms with Gasteiger partial charge in [-0.15, -0.1) is 0 Å². The third kappa shape index (κ3) is 5.97. The molecule has 0 saturated carbocycles. The van der Waals surface area contributed by atoms with Crippen molar-refractivity contribution in [3.63, 3.8) is 0 Å². The molecule has 0 heterocycles. The maximum Gasteiger partial charge on any atom is 0.0482 e. The van der Waals surface area contributed by atoms with Crippen LogP contribution in [-0.4, -0.2) is 0 Å². The van der Waals surface area contributed by atoms with Crippen molar-refractivity contribution in [2.45, 2.75) is 0 Å². The maximum atomic E-state index is 2.34. The van der Waals surface area contributed by atoms with Crippen LogP contribution >= 0.6 is 0 Å². The molecule has 2 nitrogen and oxygen atoms in total. The summed E-state index contributed by atoms with van der Waals surface area (Å²) >= 11 is 0. The van der Waals surface area contributed by atoms with Crippen molar-refractivity contribution in [2.24, 2.45) is 0 Å². The molecule has 0 atom stereocenters. The number of fused-ring (bicyclic) bond motifs is 3. The predicted octanol–water partition coefficient (Wildman–Crippen LogP) is 14.3. The van der Waals surface area contributed by atoms with E-state index in [2.05, 4.69) is 228 Å². The molecule has 0 N–H and O–H groups in total. The average molecular weight is 665 g/mol. The Labute approximate surface area is 305 Å². The third-order valence-electron chi connectivity index (χ3n) is 9.81. The largest absolute Gasteiger partial charge is 0.310 e. The van der Waals surface area contributed by atoms with Crippen molar-refractivity contribution >= 4 is 55.7 Å². The molecule has 9 rings (SSSR count). The van der Waals surface area contributed by atoms with E-state index in [0.29, 0.717) is 0 Å². The van der Waals surface area contributed by atoms with Crippen molar-refractivity contribution < 1.29 is 0 Å². The van der Waals surface area contributed by atoms with E-state index in [1.807, 2.05) is 0 Å². The highest BCUT2D eigenvalue weighted by molar-refractivity contribution is 6.13. The minimum Gasteiger partial charge on any atom is -0.310 e. The van der Waals surface area contributed by atoms with Gasteiger partial charge in [-0.05, 0) is 117 Å². The minimum absolute atomic E-state index is 1.08. The van der Waals surface area contributed by atoms with Gasteiger partial charge in [0.1, 0.15) is 0 Å². The number of benzene rings is 9. The zero-order valence-corrected chi connectivity index (χ0v) is 28.7. The molecule has 0 aromatic heterocycles. The van der Waals surface area contributed by atoms with Crippen LogP contribution < -0.4 is 9.80 Å². The van der Waals surface area contributed by atoms with Crippen LogP contribution in [0.15, 0.2) is 218 Å². The van der Waals surface area contributed by atoms with E-state index in [1.165, 1.54) is 43.8 Å². The van der Waals surface area contributed by atoms with Crippen LogP contribution in [0.25, 0.3) is 43.8 Å². The van der Waals surface area contributed by atoms with Crippen LogP contribution in [0.2, 0.25) is 0 Å². The second kappa shape index (κ2) is 13.8. The van der Waals surface area contributed by atoms with E-state index < -0.39 is 0 Å². The van der Waals surface area contributed by atoms with Gasteiger partial charge in [-0.3, -0.25) is 0 Å². The Bertz CT molecular complexity index is 2600. The van der Waals surface area contributed by atoms with Gasteiger partial charge in [0.2, 0.25) is 0 Å². The van der Waals surface area contributed by atoms with Crippen LogP contribution in [0, 0.1) is 0 Å². The molecule has 9 aromatic rings. The molecule has 0 aliphatic carbocycles. The second-order valence-electron chi connectivity index (χ2n) is 13.0. The standard InChI is InChI=1S/C50H36N2/c1-4-15-37(16-5-1)38-27-31-43(32-28-38)51(41-18-6-2-7-19-41)45-22-14-23-46(36-45)52(42-20-8-3-9-21-42)44-33-29-39(30-34-44)50-35-40-17-10-11-24-47(40)48-25-12-13-26-49(48)50/h1-36H. The lowest BCUT2D eigenvalue weighted by molar-refractivity contribution is 1.25. The van der Waals surface area contributed by atoms with Crippen molar-refractivity contribution in [1.82, 2.24) is 0 Å². The van der Waals surface area contributed by atoms with E-state index in [-0.39, 0.29) is 0 Å². The summed E-state index contributed by atoms with van der Waals surface area (Å²) in [6.45, 7) is 0. The lowest BCUT2D eigenvalue weighted by Gasteiger charge is -2.29. The molecule has 0 aliphatic heterocycles. The smallest absolute Gasteiger partial charge is 0.0482 e. The van der Waals surface area contributed by atoms with Crippen molar-refractivity contribution in [3.8, 4) is 22.3 Å². The first-order valence-corrected chi connectivity index (χ1v) is 17.8. The van der Waals surface area contributed by atoms with Gasteiger partial charge in [0.25, 0.3) is 0 Å². The SMILES string of the molecule is c1ccc(-c2ccc(N(c3ccccc3)c3cccc(N(c4ccccc4)c4ccc(-c5cc6ccccc6c6ccccc56)cc4)c3)cc2)cc1. The van der Waals surface area contributed by atoms with Crippen molar-refractivity contribution in [3.05, 3.63) is 218 Å². The summed E-state index contributed by atoms with van der Waals surface area (Å²) in [4.78, 5) is 4.67. The van der Waals surface area contributed by atoms with Crippen molar-refractivity contribution in [2.75, 3.05) is 9.80 Å². The Hall–Kier alpha value is -6.90. The van der Waals surface area contributed by atoms with Gasteiger partial charge in [-0.25, -0.2) is 0 Å². The molecule has 0 saturated heterocycles. The van der Waals surface area contributed by atoms with Gasteiger partial charge in [0.15, 0.2) is 0 Å². The molecule has 52 heavy (non-hydrogen) atoms. The number of nitrogens with zero attached hydrogens (tertiary/aromatic N) is 2. The van der Waals surface area contributed by atoms with Gasteiger partial charge in [-0.2, -0.15) is 0 Å². The molecule has 0 spiro atoms. The van der Waals surface area contributed by atoms with Crippen LogP contribution in [0.3, 0.4) is 0 Å². The molecule has 2 heteroatoms. The first-order valence-electron chi connectivity index (χ1n) is 17.8. The van der Waals surface area contributed by atoms with Crippen LogP contribution in [0.1, 0.15) is 0 Å². The predicted molar refractivity (Wildman–Crippen MR) is 222 cm³/mol. The fourth-order valence-corrected chi connectivity index (χ4v) is 7.34. The Morgan fingerprint density at radius 2 is 0.635 bits per heavy atom. The maximum absolute atomic E-state index is 2.34. The molecule has 0 aliphatic rings. The number of hydrogen-bond donors (Lipinski definition) is 0. The monoisotopic (exact) mass is 664 g/mol. The third-order valence-corrected chi connectivity index (χ3v) is 9.81. The normalized spacial score (nSPS) is 11.1. The van der Waals surface area contributed by atoms with E-state index in [9.17, 15) is 0 Å². The fourth-order valence-electron chi connectivity index (χ4n) is 7.34. The van der Waals surface area contributed by atoms with E-state index >= 15 is 0 Å². The van der Waals surface area contributed by atoms with Crippen molar-refractivity contribution in [1.29, 1.82) is 0 Å². The molecule has 0 amide bonds. The first-order chi connectivity index (χ1) is 25.8. The van der Waals surface area contributed by atoms with Crippen LogP contribution in [0.5, 0.6) is 0 Å². The van der Waals surface area contributed by atoms with Gasteiger partial charge < -0.3 is 9.80 Å². The van der Waals surface area contributed by atoms with Gasteiger partial charge in [-0.1, -0.05) is 146 Å². The highest BCUT2D eigenvalue weighted by Gasteiger charge is 2.18. The highest BCUT2D eigenvalue weighted by Crippen LogP contribution is 2.42. The molecule has 246 valence electrons. The van der Waals surface area contributed by atoms with Gasteiger partial charge >= 0.3 is 0 Å². The lowest BCUT2D eigenvalue weighted by Crippen LogP contribution is -2.13. The summed E-state index contributed by atoms with van der Waals surface area (Å²) in [5.74, 6) is 0. The number of hydrogen-bond acceptors (Lipinski definition) is 2. The Kier molecular flexibility index (Phi) is 8.24. The molecule has 0 fully saturated rings. The summed E-state index contributed by atoms with van der Waals surface area (Å²) in [5, 5.41) is 5.07. The van der Waals surface area contributed by atoms with Gasteiger partial charge in [0.05, 0.1) is 0 Å². The minimum atomic E-state index is 1.08. The zero-order chi connectivity index (χ0) is 34.7. The summed E-state index contributed by atoms with van der Waals surface area (Å²) in [6.07, 6.45) is 0. The topological polar surface area (TPSA) is 6.48 Å². The molecule has 0 unspecified atom stereocenters.